The number of phenolic OH excluding ortho intramolecular Hbond substituents is 1. The first-order valence-electron chi connectivity index (χ1n) is 7.71. The molecule has 0 saturated carbocycles. The number of hydrogen-bond donors (Lipinski definition) is 2. The molecule has 2 N–H and O–H groups in total. The summed E-state index contributed by atoms with van der Waals surface area (Å²) in [7, 11) is 1.65. The number of hydrogen-bond acceptors (Lipinski definition) is 5. The van der Waals surface area contributed by atoms with Gasteiger partial charge in [-0.15, -0.1) is 5.10 Å². The molecular weight excluding hydrogens is 306 g/mol. The number of benzene rings is 1. The maximum absolute atomic E-state index is 12.4. The second-order valence-electron chi connectivity index (χ2n) is 5.99. The average molecular weight is 325 g/mol. The van der Waals surface area contributed by atoms with Crippen LogP contribution in [0, 0.1) is 5.92 Å². The van der Waals surface area contributed by atoms with Gasteiger partial charge in [-0.1, -0.05) is 32.0 Å². The highest BCUT2D eigenvalue weighted by Crippen LogP contribution is 2.34. The van der Waals surface area contributed by atoms with Crippen molar-refractivity contribution < 1.29 is 9.90 Å². The van der Waals surface area contributed by atoms with Crippen LogP contribution in [0.1, 0.15) is 35.9 Å². The van der Waals surface area contributed by atoms with E-state index in [1.54, 1.807) is 13.2 Å². The molecule has 3 rings (SSSR count). The number of nitrogens with one attached hydrogen (secondary N) is 1. The molecule has 1 aromatic carbocycles. The molecule has 1 amide bonds. The van der Waals surface area contributed by atoms with E-state index >= 15 is 0 Å². The number of carbonyl (C=O) groups excluding carboxylic acids is 1. The van der Waals surface area contributed by atoms with Crippen LogP contribution in [0.4, 0.5) is 0 Å². The minimum absolute atomic E-state index is 0.0673. The molecule has 0 saturated heterocycles. The second-order valence-corrected chi connectivity index (χ2v) is 5.99. The molecule has 1 unspecified atom stereocenters. The molecular formula is C17H19N5O2. The van der Waals surface area contributed by atoms with Crippen LogP contribution in [0.25, 0.3) is 10.9 Å². The van der Waals surface area contributed by atoms with Crippen LogP contribution in [0.3, 0.4) is 0 Å². The van der Waals surface area contributed by atoms with E-state index in [4.69, 9.17) is 0 Å². The lowest BCUT2D eigenvalue weighted by molar-refractivity contribution is 0.0919. The van der Waals surface area contributed by atoms with Crippen LogP contribution in [0.2, 0.25) is 0 Å². The summed E-state index contributed by atoms with van der Waals surface area (Å²) in [6.45, 7) is 3.95. The van der Waals surface area contributed by atoms with Gasteiger partial charge < -0.3 is 10.4 Å². The Bertz CT molecular complexity index is 888. The maximum Gasteiger partial charge on any atom is 0.273 e. The van der Waals surface area contributed by atoms with Crippen molar-refractivity contribution in [1.29, 1.82) is 0 Å². The van der Waals surface area contributed by atoms with Gasteiger partial charge in [-0.05, 0) is 12.0 Å². The molecule has 0 bridgehead atoms. The van der Waals surface area contributed by atoms with Crippen molar-refractivity contribution >= 4 is 16.8 Å². The summed E-state index contributed by atoms with van der Waals surface area (Å²) in [5.74, 6) is -0.175. The largest absolute Gasteiger partial charge is 0.505 e. The molecule has 0 aliphatic carbocycles. The number of fused-ring (bicyclic) bond motifs is 1. The predicted molar refractivity (Wildman–Crippen MR) is 89.5 cm³/mol. The summed E-state index contributed by atoms with van der Waals surface area (Å²) in [6.07, 6.45) is 3.04. The fraction of sp³-hybridized carbons (Fsp3) is 0.294. The molecule has 0 spiro atoms. The maximum atomic E-state index is 12.4. The molecule has 0 aliphatic rings. The number of aryl methyl sites for hydroxylation is 1. The Labute approximate surface area is 139 Å². The van der Waals surface area contributed by atoms with E-state index < -0.39 is 0 Å². The Morgan fingerprint density at radius 1 is 1.29 bits per heavy atom. The van der Waals surface area contributed by atoms with Crippen molar-refractivity contribution in [3.63, 3.8) is 0 Å². The minimum Gasteiger partial charge on any atom is -0.505 e. The standard InChI is InChI=1S/C17H19N5O2/c1-10(2)14(20-17(24)13-9-19-22(3)21-13)12-7-6-11-5-4-8-18-15(11)16(12)23/h4-10,14,23H,1-3H3,(H,20,24). The Morgan fingerprint density at radius 3 is 2.75 bits per heavy atom. The number of pyridine rings is 1. The number of amides is 1. The first-order chi connectivity index (χ1) is 11.5. The molecule has 2 aromatic heterocycles. The topological polar surface area (TPSA) is 92.9 Å². The van der Waals surface area contributed by atoms with Crippen molar-refractivity contribution in [1.82, 2.24) is 25.3 Å². The quantitative estimate of drug-likeness (QED) is 0.767. The molecule has 0 fully saturated rings. The highest BCUT2D eigenvalue weighted by Gasteiger charge is 2.24. The second kappa shape index (κ2) is 6.27. The highest BCUT2D eigenvalue weighted by molar-refractivity contribution is 5.92. The average Bonchev–Trinajstić information content (AvgIpc) is 3.00. The monoisotopic (exact) mass is 325 g/mol. The minimum atomic E-state index is -0.370. The lowest BCUT2D eigenvalue weighted by atomic mass is 9.94. The molecule has 7 nitrogen and oxygen atoms in total. The summed E-state index contributed by atoms with van der Waals surface area (Å²) >= 11 is 0. The summed E-state index contributed by atoms with van der Waals surface area (Å²) in [6, 6.07) is 7.04. The number of aromatic nitrogens is 4. The number of aromatic hydroxyl groups is 1. The van der Waals surface area contributed by atoms with Gasteiger partial charge in [0.1, 0.15) is 11.3 Å². The Kier molecular flexibility index (Phi) is 4.16. The third-order valence-electron chi connectivity index (χ3n) is 3.90. The Hall–Kier alpha value is -2.96. The van der Waals surface area contributed by atoms with Gasteiger partial charge in [-0.3, -0.25) is 9.78 Å². The Balaban J connectivity index is 1.96. The SMILES string of the molecule is CC(C)C(NC(=O)c1cnn(C)n1)c1ccc2cccnc2c1O. The molecule has 24 heavy (non-hydrogen) atoms. The third kappa shape index (κ3) is 2.92. The summed E-state index contributed by atoms with van der Waals surface area (Å²) in [5, 5.41) is 22.3. The fourth-order valence-corrected chi connectivity index (χ4v) is 2.66. The van der Waals surface area contributed by atoms with Crippen molar-refractivity contribution in [2.24, 2.45) is 13.0 Å². The van der Waals surface area contributed by atoms with Gasteiger partial charge in [0.2, 0.25) is 0 Å². The Morgan fingerprint density at radius 2 is 2.08 bits per heavy atom. The summed E-state index contributed by atoms with van der Waals surface area (Å²) in [4.78, 5) is 18.0. The van der Waals surface area contributed by atoms with Gasteiger partial charge in [0.25, 0.3) is 5.91 Å². The summed E-state index contributed by atoms with van der Waals surface area (Å²) in [5.41, 5.74) is 1.39. The zero-order valence-corrected chi connectivity index (χ0v) is 13.8. The van der Waals surface area contributed by atoms with Crippen molar-refractivity contribution in [2.75, 3.05) is 0 Å². The van der Waals surface area contributed by atoms with Crippen molar-refractivity contribution in [2.45, 2.75) is 19.9 Å². The van der Waals surface area contributed by atoms with Crippen LogP contribution in [-0.2, 0) is 7.05 Å². The van der Waals surface area contributed by atoms with Crippen molar-refractivity contribution in [3.8, 4) is 5.75 Å². The molecule has 7 heteroatoms. The van der Waals surface area contributed by atoms with Crippen LogP contribution < -0.4 is 5.32 Å². The van der Waals surface area contributed by atoms with E-state index in [1.807, 2.05) is 38.1 Å². The van der Waals surface area contributed by atoms with E-state index in [-0.39, 0.29) is 29.3 Å². The van der Waals surface area contributed by atoms with Gasteiger partial charge >= 0.3 is 0 Å². The van der Waals surface area contributed by atoms with Gasteiger partial charge in [0.05, 0.1) is 12.2 Å². The number of phenols is 1. The highest BCUT2D eigenvalue weighted by atomic mass is 16.3. The van der Waals surface area contributed by atoms with E-state index in [0.29, 0.717) is 11.1 Å². The van der Waals surface area contributed by atoms with E-state index in [2.05, 4.69) is 20.5 Å². The zero-order chi connectivity index (χ0) is 17.3. The third-order valence-corrected chi connectivity index (χ3v) is 3.90. The van der Waals surface area contributed by atoms with Crippen molar-refractivity contribution in [3.05, 3.63) is 47.9 Å². The number of rotatable bonds is 4. The van der Waals surface area contributed by atoms with Gasteiger partial charge in [-0.25, -0.2) is 0 Å². The van der Waals surface area contributed by atoms with Crippen LogP contribution in [-0.4, -0.2) is 31.0 Å². The van der Waals surface area contributed by atoms with Crippen LogP contribution >= 0.6 is 0 Å². The lowest BCUT2D eigenvalue weighted by Gasteiger charge is -2.23. The fourth-order valence-electron chi connectivity index (χ4n) is 2.66. The first-order valence-corrected chi connectivity index (χ1v) is 7.71. The smallest absolute Gasteiger partial charge is 0.273 e. The van der Waals surface area contributed by atoms with Crippen LogP contribution in [0.5, 0.6) is 5.75 Å². The molecule has 2 heterocycles. The summed E-state index contributed by atoms with van der Waals surface area (Å²) < 4.78 is 0. The first kappa shape index (κ1) is 15.9. The lowest BCUT2D eigenvalue weighted by Crippen LogP contribution is -2.32. The molecule has 3 aromatic rings. The van der Waals surface area contributed by atoms with E-state index in [1.165, 1.54) is 11.0 Å². The number of nitrogens with zero attached hydrogens (tertiary/aromatic N) is 4. The molecule has 1 atom stereocenters. The zero-order valence-electron chi connectivity index (χ0n) is 13.8. The van der Waals surface area contributed by atoms with Crippen LogP contribution in [0.15, 0.2) is 36.7 Å². The van der Waals surface area contributed by atoms with Gasteiger partial charge in [-0.2, -0.15) is 9.90 Å². The van der Waals surface area contributed by atoms with E-state index in [0.717, 1.165) is 5.39 Å². The number of carbonyl (C=O) groups is 1. The molecule has 0 radical (unpaired) electrons. The van der Waals surface area contributed by atoms with Gasteiger partial charge in [0, 0.05) is 24.2 Å². The van der Waals surface area contributed by atoms with Gasteiger partial charge in [0.15, 0.2) is 5.69 Å². The molecule has 0 aliphatic heterocycles. The normalized spacial score (nSPS) is 12.5. The molecule has 124 valence electrons. The predicted octanol–water partition coefficient (Wildman–Crippen LogP) is 2.20. The van der Waals surface area contributed by atoms with E-state index in [9.17, 15) is 9.90 Å².